The molecule has 1 aromatic rings. The molecule has 0 aromatic heterocycles. The van der Waals surface area contributed by atoms with Gasteiger partial charge in [-0.1, -0.05) is 12.1 Å². The first-order valence-electron chi connectivity index (χ1n) is 6.75. The van der Waals surface area contributed by atoms with Crippen LogP contribution in [0.1, 0.15) is 24.8 Å². The summed E-state index contributed by atoms with van der Waals surface area (Å²) < 4.78 is 0. The van der Waals surface area contributed by atoms with Crippen LogP contribution in [0.3, 0.4) is 0 Å². The lowest BCUT2D eigenvalue weighted by molar-refractivity contribution is 0.0683. The van der Waals surface area contributed by atoms with E-state index in [2.05, 4.69) is 55.2 Å². The molecule has 2 N–H and O–H groups in total. The Labute approximate surface area is 111 Å². The Hall–Kier alpha value is -1.06. The minimum Gasteiger partial charge on any atom is -0.373 e. The lowest BCUT2D eigenvalue weighted by atomic mass is 9.75. The van der Waals surface area contributed by atoms with Crippen molar-refractivity contribution in [3.05, 3.63) is 29.8 Å². The van der Waals surface area contributed by atoms with Gasteiger partial charge in [0.2, 0.25) is 0 Å². The van der Waals surface area contributed by atoms with Crippen LogP contribution in [0.15, 0.2) is 24.3 Å². The Morgan fingerprint density at radius 3 is 2.11 bits per heavy atom. The molecule has 0 bridgehead atoms. The van der Waals surface area contributed by atoms with Crippen LogP contribution in [0.25, 0.3) is 0 Å². The SMILES string of the molecule is CN(CC1(N(C)C)CCC1)c1ccc(CN)cc1. The quantitative estimate of drug-likeness (QED) is 0.864. The van der Waals surface area contributed by atoms with Crippen molar-refractivity contribution >= 4 is 5.69 Å². The molecular formula is C15H25N3. The highest BCUT2D eigenvalue weighted by Crippen LogP contribution is 2.37. The highest BCUT2D eigenvalue weighted by atomic mass is 15.2. The number of hydrogen-bond donors (Lipinski definition) is 1. The number of rotatable bonds is 5. The van der Waals surface area contributed by atoms with E-state index in [1.807, 2.05) is 0 Å². The van der Waals surface area contributed by atoms with Crippen LogP contribution in [0.2, 0.25) is 0 Å². The summed E-state index contributed by atoms with van der Waals surface area (Å²) in [5, 5.41) is 0. The maximum atomic E-state index is 5.63. The third-order valence-corrected chi connectivity index (χ3v) is 4.38. The fourth-order valence-electron chi connectivity index (χ4n) is 2.75. The monoisotopic (exact) mass is 247 g/mol. The van der Waals surface area contributed by atoms with Crippen molar-refractivity contribution in [3.63, 3.8) is 0 Å². The average Bonchev–Trinajstić information content (AvgIpc) is 2.33. The molecule has 0 saturated heterocycles. The molecule has 2 rings (SSSR count). The lowest BCUT2D eigenvalue weighted by Gasteiger charge is -2.49. The summed E-state index contributed by atoms with van der Waals surface area (Å²) in [6.45, 7) is 1.72. The summed E-state index contributed by atoms with van der Waals surface area (Å²) in [6.07, 6.45) is 3.98. The summed E-state index contributed by atoms with van der Waals surface area (Å²) in [6, 6.07) is 8.58. The van der Waals surface area contributed by atoms with Crippen LogP contribution in [0, 0.1) is 0 Å². The first kappa shape index (κ1) is 13.4. The summed E-state index contributed by atoms with van der Waals surface area (Å²) in [4.78, 5) is 4.75. The van der Waals surface area contributed by atoms with Crippen molar-refractivity contribution in [2.45, 2.75) is 31.3 Å². The predicted molar refractivity (Wildman–Crippen MR) is 77.9 cm³/mol. The summed E-state index contributed by atoms with van der Waals surface area (Å²) >= 11 is 0. The Balaban J connectivity index is 2.04. The molecule has 0 atom stereocenters. The molecule has 1 aliphatic carbocycles. The standard InChI is InChI=1S/C15H25N3/c1-17(2)15(9-4-10-15)12-18(3)14-7-5-13(11-16)6-8-14/h5-8H,4,9-12,16H2,1-3H3. The van der Waals surface area contributed by atoms with Crippen molar-refractivity contribution in [3.8, 4) is 0 Å². The van der Waals surface area contributed by atoms with E-state index in [1.165, 1.54) is 30.5 Å². The van der Waals surface area contributed by atoms with Crippen molar-refractivity contribution in [2.75, 3.05) is 32.6 Å². The Bertz CT molecular complexity index is 379. The molecule has 3 heteroatoms. The smallest absolute Gasteiger partial charge is 0.0378 e. The van der Waals surface area contributed by atoms with Gasteiger partial charge < -0.3 is 15.5 Å². The lowest BCUT2D eigenvalue weighted by Crippen LogP contribution is -2.56. The van der Waals surface area contributed by atoms with E-state index in [-0.39, 0.29) is 0 Å². The highest BCUT2D eigenvalue weighted by Gasteiger charge is 2.39. The molecule has 0 amide bonds. The minimum absolute atomic E-state index is 0.376. The van der Waals surface area contributed by atoms with Crippen LogP contribution in [-0.4, -0.2) is 38.1 Å². The van der Waals surface area contributed by atoms with Gasteiger partial charge in [0.1, 0.15) is 0 Å². The van der Waals surface area contributed by atoms with Crippen LogP contribution in [0.4, 0.5) is 5.69 Å². The topological polar surface area (TPSA) is 32.5 Å². The normalized spacial score (nSPS) is 17.6. The molecule has 0 spiro atoms. The molecule has 1 aliphatic rings. The van der Waals surface area contributed by atoms with Crippen LogP contribution >= 0.6 is 0 Å². The van der Waals surface area contributed by atoms with Gasteiger partial charge in [-0.2, -0.15) is 0 Å². The molecule has 0 aliphatic heterocycles. The first-order chi connectivity index (χ1) is 8.57. The van der Waals surface area contributed by atoms with E-state index >= 15 is 0 Å². The molecule has 1 fully saturated rings. The van der Waals surface area contributed by atoms with Gasteiger partial charge in [-0.25, -0.2) is 0 Å². The molecule has 100 valence electrons. The first-order valence-corrected chi connectivity index (χ1v) is 6.75. The highest BCUT2D eigenvalue weighted by molar-refractivity contribution is 5.47. The second-order valence-electron chi connectivity index (χ2n) is 5.70. The number of nitrogens with zero attached hydrogens (tertiary/aromatic N) is 2. The van der Waals surface area contributed by atoms with Gasteiger partial charge in [-0.05, 0) is 51.1 Å². The average molecular weight is 247 g/mol. The fourth-order valence-corrected chi connectivity index (χ4v) is 2.75. The van der Waals surface area contributed by atoms with Crippen LogP contribution in [0.5, 0.6) is 0 Å². The summed E-state index contributed by atoms with van der Waals surface area (Å²) in [5.41, 5.74) is 8.47. The zero-order valence-corrected chi connectivity index (χ0v) is 11.8. The van der Waals surface area contributed by atoms with Crippen molar-refractivity contribution < 1.29 is 0 Å². The number of likely N-dealkylation sites (N-methyl/N-ethyl adjacent to an activating group) is 2. The van der Waals surface area contributed by atoms with Crippen LogP contribution in [-0.2, 0) is 6.54 Å². The van der Waals surface area contributed by atoms with E-state index in [1.54, 1.807) is 0 Å². The van der Waals surface area contributed by atoms with Crippen LogP contribution < -0.4 is 10.6 Å². The molecule has 18 heavy (non-hydrogen) atoms. The van der Waals surface area contributed by atoms with Gasteiger partial charge in [-0.3, -0.25) is 0 Å². The number of benzene rings is 1. The Kier molecular flexibility index (Phi) is 3.93. The predicted octanol–water partition coefficient (Wildman–Crippen LogP) is 2.07. The molecule has 1 aromatic carbocycles. The number of hydrogen-bond acceptors (Lipinski definition) is 3. The van der Waals surface area contributed by atoms with E-state index in [9.17, 15) is 0 Å². The van der Waals surface area contributed by atoms with Crippen molar-refractivity contribution in [1.82, 2.24) is 4.90 Å². The van der Waals surface area contributed by atoms with E-state index in [0.29, 0.717) is 12.1 Å². The number of nitrogens with two attached hydrogens (primary N) is 1. The van der Waals surface area contributed by atoms with Gasteiger partial charge in [0.25, 0.3) is 0 Å². The van der Waals surface area contributed by atoms with Gasteiger partial charge in [-0.15, -0.1) is 0 Å². The third-order valence-electron chi connectivity index (χ3n) is 4.38. The third kappa shape index (κ3) is 2.52. The maximum Gasteiger partial charge on any atom is 0.0378 e. The van der Waals surface area contributed by atoms with Crippen molar-refractivity contribution in [2.24, 2.45) is 5.73 Å². The van der Waals surface area contributed by atoms with Crippen molar-refractivity contribution in [1.29, 1.82) is 0 Å². The Morgan fingerprint density at radius 1 is 1.11 bits per heavy atom. The second kappa shape index (κ2) is 5.29. The largest absolute Gasteiger partial charge is 0.373 e. The van der Waals surface area contributed by atoms with Gasteiger partial charge in [0.05, 0.1) is 0 Å². The molecule has 3 nitrogen and oxygen atoms in total. The zero-order chi connectivity index (χ0) is 13.2. The Morgan fingerprint density at radius 2 is 1.72 bits per heavy atom. The van der Waals surface area contributed by atoms with E-state index in [0.717, 1.165) is 6.54 Å². The molecule has 0 heterocycles. The van der Waals surface area contributed by atoms with E-state index in [4.69, 9.17) is 5.73 Å². The minimum atomic E-state index is 0.376. The second-order valence-corrected chi connectivity index (χ2v) is 5.70. The zero-order valence-electron chi connectivity index (χ0n) is 11.8. The van der Waals surface area contributed by atoms with E-state index < -0.39 is 0 Å². The maximum absolute atomic E-state index is 5.63. The molecular weight excluding hydrogens is 222 g/mol. The number of anilines is 1. The van der Waals surface area contributed by atoms with Gasteiger partial charge in [0.15, 0.2) is 0 Å². The van der Waals surface area contributed by atoms with Gasteiger partial charge in [0, 0.05) is 31.4 Å². The summed E-state index contributed by atoms with van der Waals surface area (Å²) in [5.74, 6) is 0. The molecule has 0 radical (unpaired) electrons. The fraction of sp³-hybridized carbons (Fsp3) is 0.600. The summed E-state index contributed by atoms with van der Waals surface area (Å²) in [7, 11) is 6.58. The van der Waals surface area contributed by atoms with Gasteiger partial charge >= 0.3 is 0 Å². The molecule has 0 unspecified atom stereocenters. The molecule has 1 saturated carbocycles.